The van der Waals surface area contributed by atoms with E-state index in [0.717, 1.165) is 23.8 Å². The fourth-order valence-corrected chi connectivity index (χ4v) is 2.72. The Kier molecular flexibility index (Phi) is 6.62. The van der Waals surface area contributed by atoms with E-state index in [1.807, 2.05) is 0 Å². The third-order valence-corrected chi connectivity index (χ3v) is 3.77. The number of nitrogens with one attached hydrogen (secondary N) is 1. The first-order chi connectivity index (χ1) is 13.1. The molecule has 1 N–H and O–H groups in total. The summed E-state index contributed by atoms with van der Waals surface area (Å²) >= 11 is 0. The number of rotatable bonds is 5. The maximum Gasteiger partial charge on any atom is 0.351 e. The number of aromatic nitrogens is 2. The third-order valence-electron chi connectivity index (χ3n) is 3.77. The summed E-state index contributed by atoms with van der Waals surface area (Å²) in [7, 11) is 0. The van der Waals surface area contributed by atoms with E-state index in [2.05, 4.69) is 10.3 Å². The first kappa shape index (κ1) is 21.2. The van der Waals surface area contributed by atoms with E-state index in [-0.39, 0.29) is 0 Å². The quantitative estimate of drug-likeness (QED) is 0.568. The van der Waals surface area contributed by atoms with E-state index in [1.54, 1.807) is 13.8 Å². The summed E-state index contributed by atoms with van der Waals surface area (Å²) in [6.45, 7) is 5.44. The first-order valence-corrected chi connectivity index (χ1v) is 8.36. The van der Waals surface area contributed by atoms with Gasteiger partial charge in [-0.1, -0.05) is 6.08 Å². The largest absolute Gasteiger partial charge is 0.456 e. The number of ether oxygens (including phenoxy) is 3. The normalized spacial score (nSPS) is 24.2. The average molecular weight is 397 g/mol. The standard InChI is InChI=1S/C17H20FN3O7/c1-5-6-12(24)19-15-11(18)7-21(17(25)20-15)16-14(28-10(4)23)13(8(2)26-16)27-9(3)22/h5-8,13-14,16H,1-4H3,(H,19,20,24,25)/t8-,13-,14-,16-/m1/s1. The van der Waals surface area contributed by atoms with Crippen LogP contribution in [-0.2, 0) is 28.6 Å². The van der Waals surface area contributed by atoms with Gasteiger partial charge in [-0.25, -0.2) is 9.18 Å². The van der Waals surface area contributed by atoms with Crippen LogP contribution in [0.2, 0.25) is 0 Å². The van der Waals surface area contributed by atoms with Crippen molar-refractivity contribution in [3.63, 3.8) is 0 Å². The van der Waals surface area contributed by atoms with Crippen molar-refractivity contribution >= 4 is 23.7 Å². The fourth-order valence-electron chi connectivity index (χ4n) is 2.72. The highest BCUT2D eigenvalue weighted by Crippen LogP contribution is 2.33. The van der Waals surface area contributed by atoms with Gasteiger partial charge in [-0.15, -0.1) is 0 Å². The lowest BCUT2D eigenvalue weighted by atomic mass is 10.1. The minimum atomic E-state index is -1.28. The van der Waals surface area contributed by atoms with Crippen LogP contribution >= 0.6 is 0 Å². The summed E-state index contributed by atoms with van der Waals surface area (Å²) in [5, 5.41) is 2.14. The molecular formula is C17H20FN3O7. The van der Waals surface area contributed by atoms with E-state index in [9.17, 15) is 23.6 Å². The summed E-state index contributed by atoms with van der Waals surface area (Å²) in [6, 6.07) is 0. The molecule has 10 nitrogen and oxygen atoms in total. The molecule has 2 rings (SSSR count). The number of hydrogen-bond acceptors (Lipinski definition) is 8. The van der Waals surface area contributed by atoms with Crippen LogP contribution in [0, 0.1) is 5.82 Å². The van der Waals surface area contributed by atoms with E-state index >= 15 is 0 Å². The lowest BCUT2D eigenvalue weighted by Gasteiger charge is -2.23. The van der Waals surface area contributed by atoms with Crippen molar-refractivity contribution in [2.45, 2.75) is 52.2 Å². The number of amides is 1. The summed E-state index contributed by atoms with van der Waals surface area (Å²) in [6.07, 6.45) is -0.893. The molecule has 2 heterocycles. The van der Waals surface area contributed by atoms with Crippen molar-refractivity contribution in [1.29, 1.82) is 0 Å². The minimum Gasteiger partial charge on any atom is -0.456 e. The molecule has 11 heteroatoms. The second-order valence-electron chi connectivity index (χ2n) is 6.00. The van der Waals surface area contributed by atoms with Crippen molar-refractivity contribution in [2.75, 3.05) is 5.32 Å². The zero-order chi connectivity index (χ0) is 21.0. The molecule has 0 unspecified atom stereocenters. The van der Waals surface area contributed by atoms with Crippen molar-refractivity contribution < 1.29 is 33.0 Å². The lowest BCUT2D eigenvalue weighted by molar-refractivity contribution is -0.165. The van der Waals surface area contributed by atoms with Crippen LogP contribution < -0.4 is 11.0 Å². The minimum absolute atomic E-state index is 0.559. The molecule has 0 saturated carbocycles. The lowest BCUT2D eigenvalue weighted by Crippen LogP contribution is -2.40. The molecule has 4 atom stereocenters. The second-order valence-corrected chi connectivity index (χ2v) is 6.00. The van der Waals surface area contributed by atoms with Crippen LogP contribution in [0.15, 0.2) is 23.1 Å². The van der Waals surface area contributed by atoms with E-state index in [0.29, 0.717) is 0 Å². The smallest absolute Gasteiger partial charge is 0.351 e. The third kappa shape index (κ3) is 4.80. The van der Waals surface area contributed by atoms with Gasteiger partial charge in [-0.05, 0) is 19.9 Å². The molecule has 0 aromatic carbocycles. The zero-order valence-corrected chi connectivity index (χ0v) is 15.7. The predicted octanol–water partition coefficient (Wildman–Crippen LogP) is 0.678. The van der Waals surface area contributed by atoms with Gasteiger partial charge in [0.15, 0.2) is 30.1 Å². The molecule has 1 amide bonds. The Morgan fingerprint density at radius 2 is 1.86 bits per heavy atom. The Labute approximate surface area is 159 Å². The predicted molar refractivity (Wildman–Crippen MR) is 92.6 cm³/mol. The van der Waals surface area contributed by atoms with Gasteiger partial charge in [-0.3, -0.25) is 19.0 Å². The SMILES string of the molecule is CC=CC(=O)Nc1nc(=O)n([C@@H]2O[C@H](C)[C@@H](OC(C)=O)[C@H]2OC(C)=O)cc1F. The fraction of sp³-hybridized carbons (Fsp3) is 0.471. The molecule has 1 aliphatic heterocycles. The van der Waals surface area contributed by atoms with Gasteiger partial charge >= 0.3 is 17.6 Å². The van der Waals surface area contributed by atoms with Gasteiger partial charge in [0.2, 0.25) is 5.91 Å². The number of anilines is 1. The van der Waals surface area contributed by atoms with Gasteiger partial charge in [0.05, 0.1) is 12.3 Å². The van der Waals surface area contributed by atoms with Crippen molar-refractivity contribution in [2.24, 2.45) is 0 Å². The Balaban J connectivity index is 2.40. The molecule has 152 valence electrons. The van der Waals surface area contributed by atoms with E-state index in [1.165, 1.54) is 13.0 Å². The van der Waals surface area contributed by atoms with Gasteiger partial charge < -0.3 is 19.5 Å². The maximum absolute atomic E-state index is 14.4. The van der Waals surface area contributed by atoms with Crippen molar-refractivity contribution in [1.82, 2.24) is 9.55 Å². The molecular weight excluding hydrogens is 377 g/mol. The Morgan fingerprint density at radius 3 is 2.43 bits per heavy atom. The topological polar surface area (TPSA) is 126 Å². The van der Waals surface area contributed by atoms with Crippen LogP contribution in [0.1, 0.15) is 33.9 Å². The number of esters is 2. The number of hydrogen-bond donors (Lipinski definition) is 1. The summed E-state index contributed by atoms with van der Waals surface area (Å²) in [5.41, 5.74) is -0.963. The van der Waals surface area contributed by atoms with Crippen molar-refractivity contribution in [3.05, 3.63) is 34.7 Å². The van der Waals surface area contributed by atoms with Crippen LogP contribution in [0.3, 0.4) is 0 Å². The van der Waals surface area contributed by atoms with Crippen molar-refractivity contribution in [3.8, 4) is 0 Å². The van der Waals surface area contributed by atoms with Gasteiger partial charge in [-0.2, -0.15) is 4.98 Å². The molecule has 1 aromatic heterocycles. The highest BCUT2D eigenvalue weighted by Gasteiger charge is 2.48. The summed E-state index contributed by atoms with van der Waals surface area (Å²) in [4.78, 5) is 50.2. The highest BCUT2D eigenvalue weighted by molar-refractivity contribution is 5.98. The second kappa shape index (κ2) is 8.74. The van der Waals surface area contributed by atoms with E-state index < -0.39 is 59.7 Å². The molecule has 1 fully saturated rings. The summed E-state index contributed by atoms with van der Waals surface area (Å²) in [5.74, 6) is -3.58. The highest BCUT2D eigenvalue weighted by atomic mass is 19.1. The molecule has 0 radical (unpaired) electrons. The number of halogens is 1. The van der Waals surface area contributed by atoms with Crippen LogP contribution in [0.4, 0.5) is 10.2 Å². The number of allylic oxidation sites excluding steroid dienone is 1. The van der Waals surface area contributed by atoms with Crippen LogP contribution in [0.25, 0.3) is 0 Å². The number of nitrogens with zero attached hydrogens (tertiary/aromatic N) is 2. The Hall–Kier alpha value is -3.08. The van der Waals surface area contributed by atoms with Gasteiger partial charge in [0.1, 0.15) is 0 Å². The average Bonchev–Trinajstić information content (AvgIpc) is 2.86. The molecule has 1 saturated heterocycles. The zero-order valence-electron chi connectivity index (χ0n) is 15.7. The summed E-state index contributed by atoms with van der Waals surface area (Å²) < 4.78 is 31.0. The Bertz CT molecular complexity index is 867. The first-order valence-electron chi connectivity index (χ1n) is 8.36. The Morgan fingerprint density at radius 1 is 1.25 bits per heavy atom. The maximum atomic E-state index is 14.4. The molecule has 0 bridgehead atoms. The number of carbonyl (C=O) groups is 3. The van der Waals surface area contributed by atoms with Gasteiger partial charge in [0.25, 0.3) is 0 Å². The molecule has 28 heavy (non-hydrogen) atoms. The molecule has 1 aromatic rings. The molecule has 1 aliphatic rings. The van der Waals surface area contributed by atoms with Crippen LogP contribution in [0.5, 0.6) is 0 Å². The van der Waals surface area contributed by atoms with Gasteiger partial charge in [0, 0.05) is 13.8 Å². The van der Waals surface area contributed by atoms with Crippen LogP contribution in [-0.4, -0.2) is 45.7 Å². The monoisotopic (exact) mass is 397 g/mol. The molecule has 0 spiro atoms. The molecule has 0 aliphatic carbocycles. The van der Waals surface area contributed by atoms with E-state index in [4.69, 9.17) is 14.2 Å². The number of carbonyl (C=O) groups excluding carboxylic acids is 3.